The third-order valence-electron chi connectivity index (χ3n) is 5.43. The maximum Gasteiger partial charge on any atom is 0.244 e. The topological polar surface area (TPSA) is 85.5 Å². The molecule has 0 radical (unpaired) electrons. The van der Waals surface area contributed by atoms with Crippen LogP contribution in [0.3, 0.4) is 0 Å². The molecule has 0 unspecified atom stereocenters. The molecule has 1 aliphatic rings. The van der Waals surface area contributed by atoms with Crippen LogP contribution in [0, 0.1) is 6.92 Å². The number of methoxy groups -OCH3 is 1. The van der Waals surface area contributed by atoms with E-state index < -0.39 is 6.04 Å². The highest BCUT2D eigenvalue weighted by molar-refractivity contribution is 5.99. The molecule has 0 saturated carbocycles. The molecule has 0 spiro atoms. The number of nitrogens with two attached hydrogens (primary N) is 1. The number of rotatable bonds is 3. The largest absolute Gasteiger partial charge is 0.388 e. The molecular weight excluding hydrogens is 462 g/mol. The Hall–Kier alpha value is -4.13. The van der Waals surface area contributed by atoms with Crippen molar-refractivity contribution in [1.29, 1.82) is 0 Å². The zero-order chi connectivity index (χ0) is 27.0. The van der Waals surface area contributed by atoms with E-state index in [9.17, 15) is 4.79 Å². The number of ether oxygens (including phenoxy) is 1. The number of fused-ring (bicyclic) bond motifs is 1. The molecule has 1 atom stereocenters. The summed E-state index contributed by atoms with van der Waals surface area (Å²) in [4.78, 5) is 27.2. The van der Waals surface area contributed by atoms with Gasteiger partial charge in [-0.3, -0.25) is 9.78 Å². The maximum absolute atomic E-state index is 12.6. The fourth-order valence-corrected chi connectivity index (χ4v) is 3.74. The number of anilines is 1. The van der Waals surface area contributed by atoms with Gasteiger partial charge < -0.3 is 20.2 Å². The average molecular weight is 500 g/mol. The molecule has 2 heterocycles. The number of aryl methyl sites for hydroxylation is 1. The second-order valence-electron chi connectivity index (χ2n) is 8.31. The average Bonchev–Trinajstić information content (AvgIpc) is 2.94. The third-order valence-corrected chi connectivity index (χ3v) is 5.43. The summed E-state index contributed by atoms with van der Waals surface area (Å²) >= 11 is 0. The van der Waals surface area contributed by atoms with Crippen LogP contribution in [0.1, 0.15) is 18.2 Å². The zero-order valence-electron chi connectivity index (χ0n) is 21.7. The van der Waals surface area contributed by atoms with Crippen LogP contribution < -0.4 is 10.6 Å². The van der Waals surface area contributed by atoms with Gasteiger partial charge in [0.25, 0.3) is 0 Å². The molecule has 3 aromatic carbocycles. The number of amides is 1. The number of pyridine rings is 1. The second-order valence-corrected chi connectivity index (χ2v) is 8.31. The highest BCUT2D eigenvalue weighted by Gasteiger charge is 2.31. The molecular formula is C31H37N3O3. The SMILES string of the molecule is C=O.COC.Cc1ccccc1.N[C@H]1Cc2nc(-c3ccccc3)ccc2N(Cc2ccccc2)C1=O.[HH]. The summed E-state index contributed by atoms with van der Waals surface area (Å²) in [5.41, 5.74) is 12.2. The minimum Gasteiger partial charge on any atom is -0.388 e. The van der Waals surface area contributed by atoms with Crippen molar-refractivity contribution in [3.63, 3.8) is 0 Å². The van der Waals surface area contributed by atoms with Gasteiger partial charge in [-0.05, 0) is 24.6 Å². The van der Waals surface area contributed by atoms with Gasteiger partial charge in [-0.2, -0.15) is 0 Å². The van der Waals surface area contributed by atoms with Crippen LogP contribution in [0.25, 0.3) is 11.3 Å². The van der Waals surface area contributed by atoms with Crippen molar-refractivity contribution >= 4 is 18.4 Å². The van der Waals surface area contributed by atoms with Crippen molar-refractivity contribution in [3.8, 4) is 11.3 Å². The van der Waals surface area contributed by atoms with Gasteiger partial charge in [0, 0.05) is 27.6 Å². The standard InChI is InChI=1S/C21H19N3O.C7H8.C2H6O.CH2O.H2/c22-17-13-19-20(12-11-18(23-19)16-9-5-2-6-10-16)24(21(17)25)14-15-7-3-1-4-8-15;1-7-5-3-2-4-6-7;1-3-2;1-2;/h1-12,17H,13-14,22H2;2-6H,1H3;1-2H3;1H2;1H/t17-;;;;/m0..../s1. The van der Waals surface area contributed by atoms with E-state index in [2.05, 4.69) is 23.8 Å². The molecule has 0 fully saturated rings. The number of benzene rings is 3. The lowest BCUT2D eigenvalue weighted by atomic mass is 10.00. The van der Waals surface area contributed by atoms with Crippen LogP contribution in [0.4, 0.5) is 5.69 Å². The highest BCUT2D eigenvalue weighted by Crippen LogP contribution is 2.30. The summed E-state index contributed by atoms with van der Waals surface area (Å²) in [7, 11) is 3.25. The van der Waals surface area contributed by atoms with Crippen molar-refractivity contribution in [2.75, 3.05) is 19.1 Å². The van der Waals surface area contributed by atoms with Gasteiger partial charge in [0.2, 0.25) is 5.91 Å². The number of hydrogen-bond acceptors (Lipinski definition) is 5. The van der Waals surface area contributed by atoms with Gasteiger partial charge in [0.15, 0.2) is 0 Å². The van der Waals surface area contributed by atoms with E-state index in [1.807, 2.05) is 97.8 Å². The summed E-state index contributed by atoms with van der Waals surface area (Å²) in [5, 5.41) is 0. The highest BCUT2D eigenvalue weighted by atomic mass is 16.4. The van der Waals surface area contributed by atoms with Gasteiger partial charge in [-0.1, -0.05) is 96.6 Å². The monoisotopic (exact) mass is 499 g/mol. The predicted molar refractivity (Wildman–Crippen MR) is 152 cm³/mol. The summed E-state index contributed by atoms with van der Waals surface area (Å²) in [6.07, 6.45) is 0.472. The summed E-state index contributed by atoms with van der Waals surface area (Å²) in [6, 6.07) is 33.6. The molecule has 194 valence electrons. The molecule has 6 heteroatoms. The van der Waals surface area contributed by atoms with Gasteiger partial charge >= 0.3 is 0 Å². The Labute approximate surface area is 221 Å². The van der Waals surface area contributed by atoms with E-state index in [4.69, 9.17) is 15.5 Å². The first-order valence-corrected chi connectivity index (χ1v) is 11.9. The first-order chi connectivity index (χ1) is 18.0. The summed E-state index contributed by atoms with van der Waals surface area (Å²) < 4.78 is 4.25. The molecule has 1 aliphatic heterocycles. The zero-order valence-corrected chi connectivity index (χ0v) is 21.7. The molecule has 0 aliphatic carbocycles. The number of carbonyl (C=O) groups is 2. The smallest absolute Gasteiger partial charge is 0.244 e. The Kier molecular flexibility index (Phi) is 12.4. The van der Waals surface area contributed by atoms with E-state index >= 15 is 0 Å². The Balaban J connectivity index is 0.000000468. The van der Waals surface area contributed by atoms with E-state index in [-0.39, 0.29) is 7.33 Å². The molecule has 1 aromatic heterocycles. The molecule has 1 amide bonds. The molecule has 37 heavy (non-hydrogen) atoms. The van der Waals surface area contributed by atoms with Crippen LogP contribution in [0.15, 0.2) is 103 Å². The third kappa shape index (κ3) is 8.79. The Morgan fingerprint density at radius 1 is 0.892 bits per heavy atom. The minimum atomic E-state index is -0.547. The summed E-state index contributed by atoms with van der Waals surface area (Å²) in [6.45, 7) is 4.59. The maximum atomic E-state index is 12.6. The lowest BCUT2D eigenvalue weighted by Gasteiger charge is -2.32. The van der Waals surface area contributed by atoms with E-state index in [1.165, 1.54) is 5.56 Å². The number of nitrogens with zero attached hydrogens (tertiary/aromatic N) is 2. The molecule has 4 aromatic rings. The van der Waals surface area contributed by atoms with Crippen LogP contribution in [-0.4, -0.2) is 37.9 Å². The molecule has 2 N–H and O–H groups in total. The fraction of sp³-hybridized carbons (Fsp3) is 0.194. The van der Waals surface area contributed by atoms with Crippen LogP contribution >= 0.6 is 0 Å². The molecule has 0 saturated heterocycles. The predicted octanol–water partition coefficient (Wildman–Crippen LogP) is 5.48. The van der Waals surface area contributed by atoms with Crippen molar-refractivity contribution in [1.82, 2.24) is 4.98 Å². The Morgan fingerprint density at radius 3 is 1.92 bits per heavy atom. The van der Waals surface area contributed by atoms with Crippen LogP contribution in [-0.2, 0) is 27.3 Å². The summed E-state index contributed by atoms with van der Waals surface area (Å²) in [5.74, 6) is -0.0504. The Morgan fingerprint density at radius 2 is 1.41 bits per heavy atom. The van der Waals surface area contributed by atoms with Gasteiger partial charge in [0.05, 0.1) is 29.7 Å². The van der Waals surface area contributed by atoms with Crippen LogP contribution in [0.5, 0.6) is 0 Å². The number of hydrogen-bond donors (Lipinski definition) is 1. The van der Waals surface area contributed by atoms with Crippen molar-refractivity contribution in [2.45, 2.75) is 25.9 Å². The van der Waals surface area contributed by atoms with E-state index in [0.29, 0.717) is 13.0 Å². The molecule has 6 nitrogen and oxygen atoms in total. The van der Waals surface area contributed by atoms with Gasteiger partial charge in [-0.25, -0.2) is 0 Å². The molecule has 0 bridgehead atoms. The first kappa shape index (κ1) is 29.1. The first-order valence-electron chi connectivity index (χ1n) is 11.9. The number of carbonyl (C=O) groups excluding carboxylic acids is 2. The van der Waals surface area contributed by atoms with Crippen LogP contribution in [0.2, 0.25) is 0 Å². The Bertz CT molecular complexity index is 1210. The van der Waals surface area contributed by atoms with Crippen molar-refractivity contribution < 1.29 is 15.8 Å². The normalized spacial score (nSPS) is 13.5. The quantitative estimate of drug-likeness (QED) is 0.403. The van der Waals surface area contributed by atoms with E-state index in [0.717, 1.165) is 28.2 Å². The van der Waals surface area contributed by atoms with Gasteiger partial charge in [-0.15, -0.1) is 0 Å². The second kappa shape index (κ2) is 15.8. The minimum absolute atomic E-state index is 0. The number of aromatic nitrogens is 1. The fourth-order valence-electron chi connectivity index (χ4n) is 3.74. The van der Waals surface area contributed by atoms with Crippen molar-refractivity contribution in [3.05, 3.63) is 120 Å². The van der Waals surface area contributed by atoms with Gasteiger partial charge in [0.1, 0.15) is 6.79 Å². The lowest BCUT2D eigenvalue weighted by molar-refractivity contribution is -0.120. The lowest BCUT2D eigenvalue weighted by Crippen LogP contribution is -2.48. The van der Waals surface area contributed by atoms with E-state index in [1.54, 1.807) is 19.1 Å². The van der Waals surface area contributed by atoms with Crippen molar-refractivity contribution in [2.24, 2.45) is 5.73 Å². The molecule has 5 rings (SSSR count).